The summed E-state index contributed by atoms with van der Waals surface area (Å²) in [4.78, 5) is 12.8. The molecular weight excluding hydrogens is 334 g/mol. The first-order valence-electron chi connectivity index (χ1n) is 7.91. The number of hydrogen-bond donors (Lipinski definition) is 1. The molecule has 0 spiro atoms. The molecule has 26 heavy (non-hydrogen) atoms. The Hall–Kier alpha value is -3.15. The second kappa shape index (κ2) is 8.29. The molecule has 0 radical (unpaired) electrons. The second-order valence-electron chi connectivity index (χ2n) is 5.57. The summed E-state index contributed by atoms with van der Waals surface area (Å²) in [5, 5.41) is 0. The van der Waals surface area contributed by atoms with Crippen molar-refractivity contribution in [2.75, 3.05) is 34.2 Å². The van der Waals surface area contributed by atoms with E-state index in [9.17, 15) is 4.79 Å². The smallest absolute Gasteiger partial charge is 0.203 e. The van der Waals surface area contributed by atoms with Gasteiger partial charge in [-0.2, -0.15) is 0 Å². The summed E-state index contributed by atoms with van der Waals surface area (Å²) < 4.78 is 21.1. The van der Waals surface area contributed by atoms with Crippen molar-refractivity contribution in [1.29, 1.82) is 0 Å². The van der Waals surface area contributed by atoms with E-state index in [1.165, 1.54) is 21.3 Å². The minimum absolute atomic E-state index is 0.153. The Kier molecular flexibility index (Phi) is 6.11. The van der Waals surface area contributed by atoms with Crippen LogP contribution >= 0.6 is 0 Å². The number of hydrogen-bond acceptors (Lipinski definition) is 6. The number of carbonyl (C=O) groups is 1. The van der Waals surface area contributed by atoms with E-state index in [0.29, 0.717) is 39.8 Å². The van der Waals surface area contributed by atoms with E-state index in [2.05, 4.69) is 0 Å². The summed E-state index contributed by atoms with van der Waals surface area (Å²) in [6.07, 6.45) is 1.77. The molecule has 2 N–H and O–H groups in total. The molecule has 0 unspecified atom stereocenters. The Bertz CT molecular complexity index is 817. The fraction of sp³-hybridized carbons (Fsp3) is 0.250. The highest BCUT2D eigenvalue weighted by molar-refractivity contribution is 6.11. The third kappa shape index (κ3) is 3.91. The van der Waals surface area contributed by atoms with Crippen molar-refractivity contribution in [3.63, 3.8) is 0 Å². The van der Waals surface area contributed by atoms with Crippen LogP contribution in [0.15, 0.2) is 35.9 Å². The first kappa shape index (κ1) is 19.2. The zero-order valence-electron chi connectivity index (χ0n) is 15.6. The predicted octanol–water partition coefficient (Wildman–Crippen LogP) is 3.59. The Morgan fingerprint density at radius 1 is 0.885 bits per heavy atom. The van der Waals surface area contributed by atoms with E-state index >= 15 is 0 Å². The number of anilines is 1. The highest BCUT2D eigenvalue weighted by atomic mass is 16.5. The number of allylic oxidation sites excluding steroid dienone is 1. The number of Topliss-reactive ketones (excluding diaryl/α,β-unsaturated/α-hetero) is 1. The predicted molar refractivity (Wildman–Crippen MR) is 101 cm³/mol. The molecule has 2 aromatic rings. The molecule has 2 aromatic carbocycles. The first-order chi connectivity index (χ1) is 12.4. The fourth-order valence-electron chi connectivity index (χ4n) is 2.57. The third-order valence-electron chi connectivity index (χ3n) is 3.93. The molecular formula is C20H23NO5. The summed E-state index contributed by atoms with van der Waals surface area (Å²) in [6.45, 7) is 1.74. The number of methoxy groups -OCH3 is 4. The van der Waals surface area contributed by atoms with Crippen LogP contribution in [-0.2, 0) is 0 Å². The Balaban J connectivity index is 2.41. The molecule has 0 aliphatic carbocycles. The molecule has 0 amide bonds. The van der Waals surface area contributed by atoms with Crippen LogP contribution in [0.3, 0.4) is 0 Å². The van der Waals surface area contributed by atoms with E-state index in [-0.39, 0.29) is 5.78 Å². The minimum atomic E-state index is -0.153. The third-order valence-corrected chi connectivity index (χ3v) is 3.93. The average molecular weight is 357 g/mol. The number of ketones is 1. The summed E-state index contributed by atoms with van der Waals surface area (Å²) in [6, 6.07) is 8.60. The Morgan fingerprint density at radius 3 is 1.96 bits per heavy atom. The Labute approximate surface area is 153 Å². The molecule has 0 heterocycles. The van der Waals surface area contributed by atoms with Crippen LogP contribution in [0.2, 0.25) is 0 Å². The zero-order valence-corrected chi connectivity index (χ0v) is 15.6. The number of ether oxygens (including phenoxy) is 4. The van der Waals surface area contributed by atoms with Gasteiger partial charge in [0.2, 0.25) is 5.75 Å². The Morgan fingerprint density at radius 2 is 1.46 bits per heavy atom. The molecule has 0 saturated heterocycles. The lowest BCUT2D eigenvalue weighted by atomic mass is 10.0. The molecule has 0 fully saturated rings. The highest BCUT2D eigenvalue weighted by Gasteiger charge is 2.18. The minimum Gasteiger partial charge on any atom is -0.495 e. The average Bonchev–Trinajstić information content (AvgIpc) is 2.67. The van der Waals surface area contributed by atoms with Crippen LogP contribution in [0.5, 0.6) is 23.0 Å². The van der Waals surface area contributed by atoms with Crippen molar-refractivity contribution >= 4 is 17.5 Å². The van der Waals surface area contributed by atoms with E-state index in [4.69, 9.17) is 24.7 Å². The van der Waals surface area contributed by atoms with Gasteiger partial charge < -0.3 is 24.7 Å². The van der Waals surface area contributed by atoms with E-state index < -0.39 is 0 Å². The van der Waals surface area contributed by atoms with Gasteiger partial charge in [-0.15, -0.1) is 0 Å². The quantitative estimate of drug-likeness (QED) is 0.463. The molecule has 0 atom stereocenters. The van der Waals surface area contributed by atoms with Gasteiger partial charge >= 0.3 is 0 Å². The van der Waals surface area contributed by atoms with E-state index in [1.807, 2.05) is 6.07 Å². The lowest BCUT2D eigenvalue weighted by Crippen LogP contribution is -2.04. The van der Waals surface area contributed by atoms with Gasteiger partial charge in [0.25, 0.3) is 0 Å². The number of rotatable bonds is 7. The molecule has 0 aliphatic rings. The maximum atomic E-state index is 12.8. The van der Waals surface area contributed by atoms with Crippen molar-refractivity contribution in [3.8, 4) is 23.0 Å². The van der Waals surface area contributed by atoms with Gasteiger partial charge in [0.05, 0.1) is 34.1 Å². The second-order valence-corrected chi connectivity index (χ2v) is 5.57. The lowest BCUT2D eigenvalue weighted by Gasteiger charge is -2.14. The number of nitrogens with two attached hydrogens (primary N) is 1. The van der Waals surface area contributed by atoms with Crippen LogP contribution in [0.4, 0.5) is 5.69 Å². The SMILES string of the molecule is COc1cc(/C=C(\C)C(=O)c2cc(OC)c(OC)c(OC)c2)ccc1N. The van der Waals surface area contributed by atoms with Crippen LogP contribution in [0.25, 0.3) is 6.08 Å². The highest BCUT2D eigenvalue weighted by Crippen LogP contribution is 2.38. The van der Waals surface area contributed by atoms with Crippen molar-refractivity contribution in [1.82, 2.24) is 0 Å². The molecule has 6 nitrogen and oxygen atoms in total. The standard InChI is InChI=1S/C20H23NO5/c1-12(8-13-6-7-15(21)16(9-13)23-2)19(22)14-10-17(24-3)20(26-5)18(11-14)25-4/h6-11H,21H2,1-5H3/b12-8+. The molecule has 0 saturated carbocycles. The molecule has 6 heteroatoms. The van der Waals surface area contributed by atoms with Crippen molar-refractivity contribution in [2.45, 2.75) is 6.92 Å². The van der Waals surface area contributed by atoms with Crippen molar-refractivity contribution in [2.24, 2.45) is 0 Å². The van der Waals surface area contributed by atoms with Crippen LogP contribution in [-0.4, -0.2) is 34.2 Å². The fourth-order valence-corrected chi connectivity index (χ4v) is 2.57. The first-order valence-corrected chi connectivity index (χ1v) is 7.91. The van der Waals surface area contributed by atoms with Crippen LogP contribution in [0.1, 0.15) is 22.8 Å². The topological polar surface area (TPSA) is 80.0 Å². The van der Waals surface area contributed by atoms with Gasteiger partial charge in [0, 0.05) is 5.56 Å². The summed E-state index contributed by atoms with van der Waals surface area (Å²) in [5.41, 5.74) is 8.16. The molecule has 0 bridgehead atoms. The molecule has 0 aromatic heterocycles. The summed E-state index contributed by atoms with van der Waals surface area (Å²) >= 11 is 0. The number of nitrogen functional groups attached to an aromatic ring is 1. The van der Waals surface area contributed by atoms with E-state index in [0.717, 1.165) is 5.56 Å². The van der Waals surface area contributed by atoms with Gasteiger partial charge in [-0.25, -0.2) is 0 Å². The summed E-state index contributed by atoms with van der Waals surface area (Å²) in [7, 11) is 6.08. The van der Waals surface area contributed by atoms with Crippen molar-refractivity contribution < 1.29 is 23.7 Å². The van der Waals surface area contributed by atoms with Gasteiger partial charge in [-0.1, -0.05) is 6.07 Å². The van der Waals surface area contributed by atoms with Gasteiger partial charge in [-0.05, 0) is 48.4 Å². The molecule has 138 valence electrons. The number of carbonyl (C=O) groups excluding carboxylic acids is 1. The van der Waals surface area contributed by atoms with E-state index in [1.54, 1.807) is 44.4 Å². The molecule has 2 rings (SSSR count). The monoisotopic (exact) mass is 357 g/mol. The maximum Gasteiger partial charge on any atom is 0.203 e. The summed E-state index contributed by atoms with van der Waals surface area (Å²) in [5.74, 6) is 1.71. The van der Waals surface area contributed by atoms with Crippen LogP contribution in [0, 0.1) is 0 Å². The van der Waals surface area contributed by atoms with Crippen molar-refractivity contribution in [3.05, 3.63) is 47.0 Å². The molecule has 0 aliphatic heterocycles. The van der Waals surface area contributed by atoms with Gasteiger partial charge in [0.15, 0.2) is 17.3 Å². The maximum absolute atomic E-state index is 12.8. The normalized spacial score (nSPS) is 11.0. The van der Waals surface area contributed by atoms with Crippen LogP contribution < -0.4 is 24.7 Å². The zero-order chi connectivity index (χ0) is 19.3. The van der Waals surface area contributed by atoms with Gasteiger partial charge in [-0.3, -0.25) is 4.79 Å². The lowest BCUT2D eigenvalue weighted by molar-refractivity contribution is 0.103. The number of benzene rings is 2. The largest absolute Gasteiger partial charge is 0.495 e. The van der Waals surface area contributed by atoms with Gasteiger partial charge in [0.1, 0.15) is 5.75 Å².